The molecule has 27 heavy (non-hydrogen) atoms. The predicted octanol–water partition coefficient (Wildman–Crippen LogP) is 4.42. The molecule has 2 aromatic rings. The summed E-state index contributed by atoms with van der Waals surface area (Å²) >= 11 is 6.20. The van der Waals surface area contributed by atoms with Crippen LogP contribution in [-0.2, 0) is 10.9 Å². The summed E-state index contributed by atoms with van der Waals surface area (Å²) in [5, 5.41) is 9.73. The smallest absolute Gasteiger partial charge is 0.381 e. The van der Waals surface area contributed by atoms with Gasteiger partial charge in [0.25, 0.3) is 0 Å². The number of alkyl halides is 3. The molecule has 4 rings (SSSR count). The molecule has 9 heteroatoms. The summed E-state index contributed by atoms with van der Waals surface area (Å²) in [6, 6.07) is 1.75. The second kappa shape index (κ2) is 6.28. The Labute approximate surface area is 159 Å². The molecule has 0 aliphatic carbocycles. The van der Waals surface area contributed by atoms with E-state index in [1.807, 2.05) is 4.90 Å². The van der Waals surface area contributed by atoms with Gasteiger partial charge in [-0.25, -0.2) is 4.98 Å². The average Bonchev–Trinajstić information content (AvgIpc) is 3.15. The van der Waals surface area contributed by atoms with E-state index in [-0.39, 0.29) is 21.6 Å². The molecule has 0 saturated carbocycles. The Kier molecular flexibility index (Phi) is 4.28. The maximum absolute atomic E-state index is 13.6. The summed E-state index contributed by atoms with van der Waals surface area (Å²) in [7, 11) is 0. The van der Waals surface area contributed by atoms with Gasteiger partial charge in [0, 0.05) is 32.0 Å². The number of fused-ring (bicyclic) bond motifs is 1. The van der Waals surface area contributed by atoms with Gasteiger partial charge in [-0.05, 0) is 31.6 Å². The average molecular weight is 399 g/mol. The predicted molar refractivity (Wildman–Crippen MR) is 94.9 cm³/mol. The van der Waals surface area contributed by atoms with Gasteiger partial charge < -0.3 is 14.6 Å². The lowest BCUT2D eigenvalue weighted by atomic mass is 9.80. The van der Waals surface area contributed by atoms with Gasteiger partial charge in [-0.15, -0.1) is 0 Å². The molecule has 0 radical (unpaired) electrons. The molecule has 0 unspecified atom stereocenters. The van der Waals surface area contributed by atoms with Crippen LogP contribution in [0.5, 0.6) is 0 Å². The molecule has 2 aliphatic heterocycles. The lowest BCUT2D eigenvalue weighted by Crippen LogP contribution is -2.33. The molecule has 5 nitrogen and oxygen atoms in total. The van der Waals surface area contributed by atoms with Crippen LogP contribution >= 0.6 is 11.6 Å². The van der Waals surface area contributed by atoms with Crippen LogP contribution in [0.15, 0.2) is 0 Å². The lowest BCUT2D eigenvalue weighted by Gasteiger charge is -2.33. The molecule has 4 heterocycles. The van der Waals surface area contributed by atoms with Gasteiger partial charge in [-0.2, -0.15) is 18.4 Å². The highest BCUT2D eigenvalue weighted by Gasteiger charge is 2.43. The van der Waals surface area contributed by atoms with E-state index in [2.05, 4.69) is 9.97 Å². The van der Waals surface area contributed by atoms with Crippen LogP contribution in [0.4, 0.5) is 18.9 Å². The Morgan fingerprint density at radius 3 is 2.63 bits per heavy atom. The number of nitrogens with one attached hydrogen (secondary N) is 1. The highest BCUT2D eigenvalue weighted by atomic mass is 35.5. The Morgan fingerprint density at radius 1 is 1.30 bits per heavy atom. The number of aromatic amines is 1. The summed E-state index contributed by atoms with van der Waals surface area (Å²) in [4.78, 5) is 8.64. The Morgan fingerprint density at radius 2 is 2.00 bits per heavy atom. The third kappa shape index (κ3) is 2.93. The van der Waals surface area contributed by atoms with Gasteiger partial charge in [-0.3, -0.25) is 0 Å². The van der Waals surface area contributed by atoms with E-state index < -0.39 is 17.4 Å². The molecule has 2 fully saturated rings. The van der Waals surface area contributed by atoms with Gasteiger partial charge in [-0.1, -0.05) is 11.6 Å². The van der Waals surface area contributed by atoms with Crippen LogP contribution in [0, 0.1) is 23.7 Å². The number of pyridine rings is 1. The van der Waals surface area contributed by atoms with Crippen molar-refractivity contribution in [3.05, 3.63) is 22.0 Å². The monoisotopic (exact) mass is 398 g/mol. The summed E-state index contributed by atoms with van der Waals surface area (Å²) in [5.41, 5.74) is -0.366. The van der Waals surface area contributed by atoms with Crippen molar-refractivity contribution in [3.63, 3.8) is 0 Å². The minimum atomic E-state index is -4.74. The standard InChI is InChI=1S/C18H18ClF3N4O/c1-10-12(19)13-14(24-10)15(11(8-23)16(25-13)18(20,21)22)26-5-2-17(9-26)3-6-27-7-4-17/h24H,2-7,9H2,1H3. The van der Waals surface area contributed by atoms with Crippen LogP contribution in [0.3, 0.4) is 0 Å². The van der Waals surface area contributed by atoms with Gasteiger partial charge in [0.1, 0.15) is 17.1 Å². The third-order valence-electron chi connectivity index (χ3n) is 5.71. The van der Waals surface area contributed by atoms with Crippen molar-refractivity contribution in [1.29, 1.82) is 5.26 Å². The van der Waals surface area contributed by atoms with Crippen molar-refractivity contribution in [2.75, 3.05) is 31.2 Å². The first kappa shape index (κ1) is 18.4. The second-order valence-electron chi connectivity index (χ2n) is 7.37. The topological polar surface area (TPSA) is 64.9 Å². The molecule has 0 aromatic carbocycles. The number of anilines is 1. The molecule has 2 aromatic heterocycles. The summed E-state index contributed by atoms with van der Waals surface area (Å²) in [6.07, 6.45) is -2.13. The lowest BCUT2D eigenvalue weighted by molar-refractivity contribution is -0.141. The molecule has 2 aliphatic rings. The van der Waals surface area contributed by atoms with E-state index >= 15 is 0 Å². The number of aromatic nitrogens is 2. The number of ether oxygens (including phenoxy) is 1. The number of nitriles is 1. The number of rotatable bonds is 1. The van der Waals surface area contributed by atoms with E-state index in [1.165, 1.54) is 0 Å². The summed E-state index contributed by atoms with van der Waals surface area (Å²) < 4.78 is 46.3. The number of nitrogens with zero attached hydrogens (tertiary/aromatic N) is 3. The Hall–Kier alpha value is -1.98. The zero-order valence-electron chi connectivity index (χ0n) is 14.7. The number of halogens is 4. The SMILES string of the molecule is Cc1[nH]c2c(N3CCC4(CCOCC4)C3)c(C#N)c(C(F)(F)F)nc2c1Cl. The molecule has 1 N–H and O–H groups in total. The van der Waals surface area contributed by atoms with Crippen molar-refractivity contribution in [3.8, 4) is 6.07 Å². The van der Waals surface area contributed by atoms with E-state index in [4.69, 9.17) is 16.3 Å². The Bertz CT molecular complexity index is 941. The highest BCUT2D eigenvalue weighted by Crippen LogP contribution is 2.46. The minimum Gasteiger partial charge on any atom is -0.381 e. The number of H-pyrrole nitrogens is 1. The Balaban J connectivity index is 1.91. The van der Waals surface area contributed by atoms with E-state index in [9.17, 15) is 18.4 Å². The fourth-order valence-electron chi connectivity index (χ4n) is 4.24. The molecule has 2 saturated heterocycles. The largest absolute Gasteiger partial charge is 0.434 e. The van der Waals surface area contributed by atoms with Crippen molar-refractivity contribution < 1.29 is 17.9 Å². The zero-order chi connectivity index (χ0) is 19.4. The normalized spacial score (nSPS) is 19.8. The number of hydrogen-bond donors (Lipinski definition) is 1. The maximum atomic E-state index is 13.6. The minimum absolute atomic E-state index is 0.0183. The van der Waals surface area contributed by atoms with Gasteiger partial charge in [0.15, 0.2) is 5.69 Å². The first-order valence-corrected chi connectivity index (χ1v) is 9.15. The molecule has 144 valence electrons. The number of hydrogen-bond acceptors (Lipinski definition) is 4. The van der Waals surface area contributed by atoms with Crippen LogP contribution in [0.1, 0.15) is 36.2 Å². The van der Waals surface area contributed by atoms with Crippen molar-refractivity contribution in [2.24, 2.45) is 5.41 Å². The summed E-state index contributed by atoms with van der Waals surface area (Å²) in [6.45, 7) is 4.17. The molecular formula is C18H18ClF3N4O. The third-order valence-corrected chi connectivity index (χ3v) is 6.17. The molecule has 0 bridgehead atoms. The highest BCUT2D eigenvalue weighted by molar-refractivity contribution is 6.36. The zero-order valence-corrected chi connectivity index (χ0v) is 15.5. The van der Waals surface area contributed by atoms with Crippen LogP contribution < -0.4 is 4.90 Å². The number of aryl methyl sites for hydroxylation is 1. The van der Waals surface area contributed by atoms with Crippen molar-refractivity contribution >= 4 is 28.3 Å². The fourth-order valence-corrected chi connectivity index (χ4v) is 4.42. The van der Waals surface area contributed by atoms with Gasteiger partial charge >= 0.3 is 6.18 Å². The first-order valence-electron chi connectivity index (χ1n) is 8.77. The molecular weight excluding hydrogens is 381 g/mol. The van der Waals surface area contributed by atoms with Crippen LogP contribution in [0.2, 0.25) is 5.02 Å². The van der Waals surface area contributed by atoms with Gasteiger partial charge in [0.2, 0.25) is 0 Å². The van der Waals surface area contributed by atoms with Crippen molar-refractivity contribution in [2.45, 2.75) is 32.4 Å². The summed E-state index contributed by atoms with van der Waals surface area (Å²) in [5.74, 6) is 0. The maximum Gasteiger partial charge on any atom is 0.434 e. The fraction of sp³-hybridized carbons (Fsp3) is 0.556. The van der Waals surface area contributed by atoms with Crippen LogP contribution in [-0.4, -0.2) is 36.3 Å². The molecule has 0 amide bonds. The van der Waals surface area contributed by atoms with Gasteiger partial charge in [0.05, 0.1) is 16.2 Å². The molecule has 1 spiro atoms. The second-order valence-corrected chi connectivity index (χ2v) is 7.74. The first-order chi connectivity index (χ1) is 12.8. The van der Waals surface area contributed by atoms with E-state index in [1.54, 1.807) is 13.0 Å². The quantitative estimate of drug-likeness (QED) is 0.772. The van der Waals surface area contributed by atoms with Crippen molar-refractivity contribution in [1.82, 2.24) is 9.97 Å². The van der Waals surface area contributed by atoms with E-state index in [0.29, 0.717) is 37.5 Å². The van der Waals surface area contributed by atoms with Crippen LogP contribution in [0.25, 0.3) is 11.0 Å². The molecule has 0 atom stereocenters. The van der Waals surface area contributed by atoms with E-state index in [0.717, 1.165) is 19.3 Å².